The third-order valence-corrected chi connectivity index (χ3v) is 2.34. The third kappa shape index (κ3) is 1.64. The van der Waals surface area contributed by atoms with Gasteiger partial charge in [-0.25, -0.2) is 4.98 Å². The SMILES string of the molecule is ClCCc1c[nH]c2ncc(Cl)cc12. The molecule has 13 heavy (non-hydrogen) atoms. The summed E-state index contributed by atoms with van der Waals surface area (Å²) in [5.74, 6) is 0.611. The van der Waals surface area contributed by atoms with Crippen LogP contribution in [0.25, 0.3) is 11.0 Å². The van der Waals surface area contributed by atoms with E-state index in [0.29, 0.717) is 10.9 Å². The van der Waals surface area contributed by atoms with E-state index in [1.807, 2.05) is 12.3 Å². The predicted octanol–water partition coefficient (Wildman–Crippen LogP) is 3.00. The first-order chi connectivity index (χ1) is 6.31. The molecule has 2 nitrogen and oxygen atoms in total. The van der Waals surface area contributed by atoms with Crippen molar-refractivity contribution in [2.75, 3.05) is 5.88 Å². The molecule has 0 radical (unpaired) electrons. The van der Waals surface area contributed by atoms with Crippen molar-refractivity contribution in [1.29, 1.82) is 0 Å². The number of fused-ring (bicyclic) bond motifs is 1. The van der Waals surface area contributed by atoms with Gasteiger partial charge in [-0.2, -0.15) is 0 Å². The fourth-order valence-corrected chi connectivity index (χ4v) is 1.70. The van der Waals surface area contributed by atoms with Crippen LogP contribution in [-0.4, -0.2) is 15.8 Å². The van der Waals surface area contributed by atoms with Crippen molar-refractivity contribution in [3.63, 3.8) is 0 Å². The Kier molecular flexibility index (Phi) is 2.42. The topological polar surface area (TPSA) is 28.7 Å². The number of hydrogen-bond acceptors (Lipinski definition) is 1. The normalized spacial score (nSPS) is 10.9. The number of aromatic nitrogens is 2. The van der Waals surface area contributed by atoms with Gasteiger partial charge in [-0.1, -0.05) is 11.6 Å². The lowest BCUT2D eigenvalue weighted by Crippen LogP contribution is -1.83. The zero-order valence-corrected chi connectivity index (χ0v) is 8.36. The molecule has 2 heterocycles. The smallest absolute Gasteiger partial charge is 0.137 e. The molecule has 0 spiro atoms. The second-order valence-corrected chi connectivity index (χ2v) is 3.62. The first kappa shape index (κ1) is 8.85. The maximum Gasteiger partial charge on any atom is 0.137 e. The average Bonchev–Trinajstić information content (AvgIpc) is 2.49. The van der Waals surface area contributed by atoms with Crippen molar-refractivity contribution >= 4 is 34.2 Å². The quantitative estimate of drug-likeness (QED) is 0.766. The molecule has 0 aliphatic heterocycles. The predicted molar refractivity (Wildman–Crippen MR) is 55.5 cm³/mol. The summed E-state index contributed by atoms with van der Waals surface area (Å²) >= 11 is 11.5. The van der Waals surface area contributed by atoms with Crippen LogP contribution in [0.4, 0.5) is 0 Å². The highest BCUT2D eigenvalue weighted by Crippen LogP contribution is 2.20. The van der Waals surface area contributed by atoms with E-state index in [-0.39, 0.29) is 0 Å². The minimum Gasteiger partial charge on any atom is -0.346 e. The lowest BCUT2D eigenvalue weighted by Gasteiger charge is -1.94. The second kappa shape index (κ2) is 3.56. The van der Waals surface area contributed by atoms with Crippen LogP contribution in [0.15, 0.2) is 18.5 Å². The Labute approximate surface area is 85.9 Å². The molecule has 0 fully saturated rings. The van der Waals surface area contributed by atoms with Gasteiger partial charge in [0, 0.05) is 23.7 Å². The van der Waals surface area contributed by atoms with Crippen molar-refractivity contribution < 1.29 is 0 Å². The van der Waals surface area contributed by atoms with E-state index in [9.17, 15) is 0 Å². The van der Waals surface area contributed by atoms with Gasteiger partial charge in [-0.05, 0) is 18.1 Å². The van der Waals surface area contributed by atoms with Crippen molar-refractivity contribution in [1.82, 2.24) is 9.97 Å². The van der Waals surface area contributed by atoms with Gasteiger partial charge in [0.2, 0.25) is 0 Å². The molecule has 0 saturated heterocycles. The van der Waals surface area contributed by atoms with E-state index < -0.39 is 0 Å². The summed E-state index contributed by atoms with van der Waals surface area (Å²) in [6, 6.07) is 1.91. The fourth-order valence-electron chi connectivity index (χ4n) is 1.34. The Morgan fingerprint density at radius 3 is 3.08 bits per heavy atom. The lowest BCUT2D eigenvalue weighted by molar-refractivity contribution is 1.16. The Morgan fingerprint density at radius 2 is 2.31 bits per heavy atom. The van der Waals surface area contributed by atoms with Gasteiger partial charge in [-0.15, -0.1) is 11.6 Å². The summed E-state index contributed by atoms with van der Waals surface area (Å²) in [5.41, 5.74) is 2.03. The van der Waals surface area contributed by atoms with Gasteiger partial charge in [0.1, 0.15) is 5.65 Å². The number of aryl methyl sites for hydroxylation is 1. The van der Waals surface area contributed by atoms with Gasteiger partial charge in [-0.3, -0.25) is 0 Å². The lowest BCUT2D eigenvalue weighted by atomic mass is 10.2. The minimum atomic E-state index is 0.611. The second-order valence-electron chi connectivity index (χ2n) is 2.80. The van der Waals surface area contributed by atoms with Crippen molar-refractivity contribution in [2.45, 2.75) is 6.42 Å². The summed E-state index contributed by atoms with van der Waals surface area (Å²) in [6.07, 6.45) is 4.39. The first-order valence-electron chi connectivity index (χ1n) is 3.98. The highest BCUT2D eigenvalue weighted by Gasteiger charge is 2.03. The number of hydrogen-bond donors (Lipinski definition) is 1. The zero-order valence-electron chi connectivity index (χ0n) is 6.85. The molecule has 2 rings (SSSR count). The molecule has 0 atom stereocenters. The van der Waals surface area contributed by atoms with Crippen LogP contribution >= 0.6 is 23.2 Å². The first-order valence-corrected chi connectivity index (χ1v) is 4.90. The number of pyridine rings is 1. The molecule has 0 aliphatic carbocycles. The van der Waals surface area contributed by atoms with E-state index >= 15 is 0 Å². The van der Waals surface area contributed by atoms with Crippen LogP contribution in [0.3, 0.4) is 0 Å². The van der Waals surface area contributed by atoms with E-state index in [1.54, 1.807) is 6.20 Å². The van der Waals surface area contributed by atoms with Crippen LogP contribution in [0.2, 0.25) is 5.02 Å². The average molecular weight is 215 g/mol. The van der Waals surface area contributed by atoms with Crippen molar-refractivity contribution in [3.05, 3.63) is 29.0 Å². The summed E-state index contributed by atoms with van der Waals surface area (Å²) in [4.78, 5) is 7.22. The fraction of sp³-hybridized carbons (Fsp3) is 0.222. The van der Waals surface area contributed by atoms with Crippen LogP contribution in [0, 0.1) is 0 Å². The van der Waals surface area contributed by atoms with E-state index in [4.69, 9.17) is 23.2 Å². The highest BCUT2D eigenvalue weighted by atomic mass is 35.5. The minimum absolute atomic E-state index is 0.611. The molecule has 4 heteroatoms. The van der Waals surface area contributed by atoms with E-state index in [2.05, 4.69) is 9.97 Å². The molecule has 68 valence electrons. The van der Waals surface area contributed by atoms with Crippen molar-refractivity contribution in [3.8, 4) is 0 Å². The molecule has 2 aromatic rings. The Morgan fingerprint density at radius 1 is 1.46 bits per heavy atom. The monoisotopic (exact) mass is 214 g/mol. The summed E-state index contributed by atoms with van der Waals surface area (Å²) in [5, 5.41) is 1.72. The molecule has 0 aromatic carbocycles. The number of rotatable bonds is 2. The summed E-state index contributed by atoms with van der Waals surface area (Å²) in [6.45, 7) is 0. The molecule has 0 bridgehead atoms. The van der Waals surface area contributed by atoms with Crippen LogP contribution < -0.4 is 0 Å². The maximum absolute atomic E-state index is 5.84. The van der Waals surface area contributed by atoms with Gasteiger partial charge < -0.3 is 4.98 Å². The number of H-pyrrole nitrogens is 1. The van der Waals surface area contributed by atoms with Crippen LogP contribution in [-0.2, 0) is 6.42 Å². The van der Waals surface area contributed by atoms with Crippen LogP contribution in [0.1, 0.15) is 5.56 Å². The highest BCUT2D eigenvalue weighted by molar-refractivity contribution is 6.31. The van der Waals surface area contributed by atoms with Gasteiger partial charge in [0.15, 0.2) is 0 Å². The molecule has 0 saturated carbocycles. The molecular weight excluding hydrogens is 207 g/mol. The largest absolute Gasteiger partial charge is 0.346 e. The Bertz CT molecular complexity index is 422. The molecule has 2 aromatic heterocycles. The summed E-state index contributed by atoms with van der Waals surface area (Å²) in [7, 11) is 0. The number of halogens is 2. The number of nitrogens with one attached hydrogen (secondary N) is 1. The number of alkyl halides is 1. The van der Waals surface area contributed by atoms with Gasteiger partial charge in [0.25, 0.3) is 0 Å². The number of aromatic amines is 1. The standard InChI is InChI=1S/C9H8Cl2N2/c10-2-1-6-4-12-9-8(6)3-7(11)5-13-9/h3-5H,1-2H2,(H,12,13). The van der Waals surface area contributed by atoms with Crippen LogP contribution in [0.5, 0.6) is 0 Å². The van der Waals surface area contributed by atoms with Gasteiger partial charge in [0.05, 0.1) is 5.02 Å². The molecular formula is C9H8Cl2N2. The molecule has 0 amide bonds. The Balaban J connectivity index is 2.58. The third-order valence-electron chi connectivity index (χ3n) is 1.95. The maximum atomic E-state index is 5.84. The zero-order chi connectivity index (χ0) is 9.26. The molecule has 0 unspecified atom stereocenters. The molecule has 1 N–H and O–H groups in total. The van der Waals surface area contributed by atoms with E-state index in [0.717, 1.165) is 17.5 Å². The van der Waals surface area contributed by atoms with E-state index in [1.165, 1.54) is 5.56 Å². The van der Waals surface area contributed by atoms with Crippen molar-refractivity contribution in [2.24, 2.45) is 0 Å². The number of nitrogens with zero attached hydrogens (tertiary/aromatic N) is 1. The summed E-state index contributed by atoms with van der Waals surface area (Å²) < 4.78 is 0. The molecule has 0 aliphatic rings. The van der Waals surface area contributed by atoms with Gasteiger partial charge >= 0.3 is 0 Å². The Hall–Kier alpha value is -0.730.